The molecule has 0 radical (unpaired) electrons. The summed E-state index contributed by atoms with van der Waals surface area (Å²) in [5.41, 5.74) is 1.96. The Labute approximate surface area is 133 Å². The number of carbonyl (C=O) groups excluding carboxylic acids is 1. The SMILES string of the molecule is CCN1c2nc(F)c(C)cc2NC(=O)c2cc(CCO)cnc21. The summed E-state index contributed by atoms with van der Waals surface area (Å²) in [4.78, 5) is 22.5. The lowest BCUT2D eigenvalue weighted by Gasteiger charge is -2.22. The maximum Gasteiger partial charge on any atom is 0.259 e. The van der Waals surface area contributed by atoms with Gasteiger partial charge in [-0.2, -0.15) is 9.37 Å². The molecule has 0 spiro atoms. The Morgan fingerprint density at radius 3 is 2.83 bits per heavy atom. The van der Waals surface area contributed by atoms with Crippen LogP contribution in [0.4, 0.5) is 21.7 Å². The molecule has 0 aromatic carbocycles. The average molecular weight is 316 g/mol. The van der Waals surface area contributed by atoms with E-state index in [1.807, 2.05) is 6.92 Å². The van der Waals surface area contributed by atoms with Crippen LogP contribution in [0.25, 0.3) is 0 Å². The number of fused-ring (bicyclic) bond motifs is 2. The minimum atomic E-state index is -0.572. The van der Waals surface area contributed by atoms with Gasteiger partial charge < -0.3 is 15.3 Å². The lowest BCUT2D eigenvalue weighted by molar-refractivity contribution is 0.102. The van der Waals surface area contributed by atoms with Crippen LogP contribution in [0.15, 0.2) is 18.3 Å². The topological polar surface area (TPSA) is 78.4 Å². The summed E-state index contributed by atoms with van der Waals surface area (Å²) >= 11 is 0. The third-order valence-electron chi connectivity index (χ3n) is 3.78. The predicted molar refractivity (Wildman–Crippen MR) is 84.6 cm³/mol. The monoisotopic (exact) mass is 316 g/mol. The van der Waals surface area contributed by atoms with Crippen LogP contribution < -0.4 is 10.2 Å². The molecule has 120 valence electrons. The fourth-order valence-corrected chi connectivity index (χ4v) is 2.62. The van der Waals surface area contributed by atoms with Gasteiger partial charge in [0, 0.05) is 24.9 Å². The van der Waals surface area contributed by atoms with Crippen LogP contribution in [0.1, 0.15) is 28.4 Å². The molecule has 23 heavy (non-hydrogen) atoms. The van der Waals surface area contributed by atoms with Gasteiger partial charge in [0.15, 0.2) is 5.82 Å². The highest BCUT2D eigenvalue weighted by Gasteiger charge is 2.28. The van der Waals surface area contributed by atoms with E-state index in [0.29, 0.717) is 41.4 Å². The number of pyridine rings is 2. The van der Waals surface area contributed by atoms with Crippen LogP contribution in [0.5, 0.6) is 0 Å². The van der Waals surface area contributed by atoms with Crippen LogP contribution in [0, 0.1) is 12.9 Å². The number of aryl methyl sites for hydroxylation is 1. The smallest absolute Gasteiger partial charge is 0.259 e. The quantitative estimate of drug-likeness (QED) is 0.849. The lowest BCUT2D eigenvalue weighted by atomic mass is 10.1. The zero-order chi connectivity index (χ0) is 16.6. The minimum absolute atomic E-state index is 0.0221. The van der Waals surface area contributed by atoms with Gasteiger partial charge in [-0.15, -0.1) is 0 Å². The summed E-state index contributed by atoms with van der Waals surface area (Å²) < 4.78 is 13.9. The molecular formula is C16H17FN4O2. The first-order chi connectivity index (χ1) is 11.0. The molecule has 3 heterocycles. The molecule has 1 aliphatic rings. The van der Waals surface area contributed by atoms with E-state index in [0.717, 1.165) is 5.56 Å². The second kappa shape index (κ2) is 5.92. The van der Waals surface area contributed by atoms with Crippen molar-refractivity contribution in [2.75, 3.05) is 23.4 Å². The summed E-state index contributed by atoms with van der Waals surface area (Å²) in [5.74, 6) is -0.125. The summed E-state index contributed by atoms with van der Waals surface area (Å²) in [6.45, 7) is 3.94. The zero-order valence-corrected chi connectivity index (χ0v) is 12.9. The van der Waals surface area contributed by atoms with Gasteiger partial charge in [0.25, 0.3) is 5.91 Å². The molecular weight excluding hydrogens is 299 g/mol. The van der Waals surface area contributed by atoms with Crippen LogP contribution in [0.2, 0.25) is 0 Å². The number of anilines is 3. The standard InChI is InChI=1S/C16H17FN4O2/c1-3-21-14-11(7-10(4-5-22)8-18-14)16(23)19-12-6-9(2)13(17)20-15(12)21/h6-8,22H,3-5H2,1-2H3,(H,19,23). The Morgan fingerprint density at radius 1 is 1.35 bits per heavy atom. The second-order valence-corrected chi connectivity index (χ2v) is 5.35. The number of aromatic nitrogens is 2. The molecule has 2 aromatic rings. The van der Waals surface area contributed by atoms with Crippen molar-refractivity contribution in [1.82, 2.24) is 9.97 Å². The molecule has 1 aliphatic heterocycles. The molecule has 0 bridgehead atoms. The first-order valence-corrected chi connectivity index (χ1v) is 7.41. The number of halogens is 1. The number of nitrogens with one attached hydrogen (secondary N) is 1. The van der Waals surface area contributed by atoms with E-state index < -0.39 is 5.95 Å². The molecule has 2 N–H and O–H groups in total. The van der Waals surface area contributed by atoms with Gasteiger partial charge in [-0.25, -0.2) is 4.98 Å². The molecule has 0 fully saturated rings. The molecule has 6 nitrogen and oxygen atoms in total. The van der Waals surface area contributed by atoms with E-state index in [2.05, 4.69) is 15.3 Å². The van der Waals surface area contributed by atoms with E-state index in [1.54, 1.807) is 30.2 Å². The van der Waals surface area contributed by atoms with Crippen molar-refractivity contribution in [3.05, 3.63) is 41.0 Å². The average Bonchev–Trinajstić information content (AvgIpc) is 2.63. The normalized spacial score (nSPS) is 13.2. The number of aliphatic hydroxyl groups is 1. The first-order valence-electron chi connectivity index (χ1n) is 7.41. The molecule has 0 saturated heterocycles. The molecule has 0 aliphatic carbocycles. The van der Waals surface area contributed by atoms with Crippen LogP contribution in [-0.4, -0.2) is 34.1 Å². The van der Waals surface area contributed by atoms with E-state index in [9.17, 15) is 9.18 Å². The summed E-state index contributed by atoms with van der Waals surface area (Å²) in [6, 6.07) is 3.27. The molecule has 0 saturated carbocycles. The third kappa shape index (κ3) is 2.63. The van der Waals surface area contributed by atoms with Crippen molar-refractivity contribution >= 4 is 23.2 Å². The largest absolute Gasteiger partial charge is 0.396 e. The van der Waals surface area contributed by atoms with Crippen molar-refractivity contribution in [3.63, 3.8) is 0 Å². The minimum Gasteiger partial charge on any atom is -0.396 e. The van der Waals surface area contributed by atoms with E-state index in [1.165, 1.54) is 0 Å². The van der Waals surface area contributed by atoms with Gasteiger partial charge in [0.2, 0.25) is 5.95 Å². The van der Waals surface area contributed by atoms with Gasteiger partial charge in [-0.1, -0.05) is 0 Å². The van der Waals surface area contributed by atoms with Gasteiger partial charge >= 0.3 is 0 Å². The summed E-state index contributed by atoms with van der Waals surface area (Å²) in [6.07, 6.45) is 2.03. The van der Waals surface area contributed by atoms with E-state index >= 15 is 0 Å². The molecule has 1 amide bonds. The number of aliphatic hydroxyl groups excluding tert-OH is 1. The second-order valence-electron chi connectivity index (χ2n) is 5.35. The third-order valence-corrected chi connectivity index (χ3v) is 3.78. The Kier molecular flexibility index (Phi) is 3.96. The van der Waals surface area contributed by atoms with Crippen LogP contribution in [-0.2, 0) is 6.42 Å². The molecule has 3 rings (SSSR count). The van der Waals surface area contributed by atoms with Crippen molar-refractivity contribution in [3.8, 4) is 0 Å². The van der Waals surface area contributed by atoms with Crippen LogP contribution >= 0.6 is 0 Å². The van der Waals surface area contributed by atoms with Gasteiger partial charge in [0.1, 0.15) is 5.82 Å². The van der Waals surface area contributed by atoms with Gasteiger partial charge in [0.05, 0.1) is 11.3 Å². The summed E-state index contributed by atoms with van der Waals surface area (Å²) in [7, 11) is 0. The van der Waals surface area contributed by atoms with Crippen molar-refractivity contribution in [2.24, 2.45) is 0 Å². The molecule has 0 atom stereocenters. The highest BCUT2D eigenvalue weighted by Crippen LogP contribution is 2.36. The number of hydrogen-bond acceptors (Lipinski definition) is 5. The fourth-order valence-electron chi connectivity index (χ4n) is 2.62. The predicted octanol–water partition coefficient (Wildman–Crippen LogP) is 2.18. The molecule has 7 heteroatoms. The maximum atomic E-state index is 13.9. The number of nitrogens with zero attached hydrogens (tertiary/aromatic N) is 3. The Hall–Kier alpha value is -2.54. The number of amides is 1. The van der Waals surface area contributed by atoms with Crippen LogP contribution in [0.3, 0.4) is 0 Å². The molecule has 0 unspecified atom stereocenters. The maximum absolute atomic E-state index is 13.9. The number of hydrogen-bond donors (Lipinski definition) is 2. The summed E-state index contributed by atoms with van der Waals surface area (Å²) in [5, 5.41) is 11.8. The Balaban J connectivity index is 2.19. The lowest BCUT2D eigenvalue weighted by Crippen LogP contribution is -2.20. The molecule has 2 aromatic heterocycles. The first kappa shape index (κ1) is 15.4. The fraction of sp³-hybridized carbons (Fsp3) is 0.312. The number of rotatable bonds is 3. The highest BCUT2D eigenvalue weighted by atomic mass is 19.1. The van der Waals surface area contributed by atoms with E-state index in [4.69, 9.17) is 5.11 Å². The zero-order valence-electron chi connectivity index (χ0n) is 12.9. The van der Waals surface area contributed by atoms with Gasteiger partial charge in [-0.05, 0) is 38.0 Å². The highest BCUT2D eigenvalue weighted by molar-refractivity contribution is 6.11. The Bertz CT molecular complexity index is 779. The van der Waals surface area contributed by atoms with Crippen molar-refractivity contribution in [1.29, 1.82) is 0 Å². The van der Waals surface area contributed by atoms with Gasteiger partial charge in [-0.3, -0.25) is 4.79 Å². The van der Waals surface area contributed by atoms with E-state index in [-0.39, 0.29) is 12.5 Å². The van der Waals surface area contributed by atoms with Crippen molar-refractivity contribution in [2.45, 2.75) is 20.3 Å². The van der Waals surface area contributed by atoms with Crippen molar-refractivity contribution < 1.29 is 14.3 Å². The number of carbonyl (C=O) groups is 1. The Morgan fingerprint density at radius 2 is 2.13 bits per heavy atom.